The fourth-order valence-electron chi connectivity index (χ4n) is 2.98. The standard InChI is InChI=1S/C13H24/c1-2-4-7-12(8-5-3-1)11-13-9-6-10-13/h12-13H,1-11H2. The van der Waals surface area contributed by atoms with E-state index in [1.807, 2.05) is 0 Å². The fourth-order valence-corrected chi connectivity index (χ4v) is 2.98. The minimum absolute atomic E-state index is 1.12. The summed E-state index contributed by atoms with van der Waals surface area (Å²) in [5.74, 6) is 2.26. The molecule has 2 saturated carbocycles. The SMILES string of the molecule is C1CCCC(CC2CCC2)CCC1. The highest BCUT2D eigenvalue weighted by molar-refractivity contribution is 4.74. The van der Waals surface area contributed by atoms with E-state index in [-0.39, 0.29) is 0 Å². The zero-order valence-electron chi connectivity index (χ0n) is 8.93. The maximum atomic E-state index is 1.58. The number of hydrogen-bond acceptors (Lipinski definition) is 0. The van der Waals surface area contributed by atoms with Crippen LogP contribution in [0.1, 0.15) is 70.6 Å². The summed E-state index contributed by atoms with van der Waals surface area (Å²) in [5.41, 5.74) is 0. The zero-order chi connectivity index (χ0) is 8.93. The van der Waals surface area contributed by atoms with Gasteiger partial charge in [-0.05, 0) is 18.3 Å². The average Bonchev–Trinajstić information content (AvgIpc) is 1.99. The molecule has 0 aliphatic heterocycles. The Bertz CT molecular complexity index is 127. The Hall–Kier alpha value is 0. The van der Waals surface area contributed by atoms with Crippen LogP contribution in [0.5, 0.6) is 0 Å². The van der Waals surface area contributed by atoms with E-state index >= 15 is 0 Å². The largest absolute Gasteiger partial charge is 0.0533 e. The molecule has 2 aliphatic carbocycles. The van der Waals surface area contributed by atoms with Gasteiger partial charge in [-0.3, -0.25) is 0 Å². The van der Waals surface area contributed by atoms with Gasteiger partial charge in [0.1, 0.15) is 0 Å². The van der Waals surface area contributed by atoms with Gasteiger partial charge in [-0.25, -0.2) is 0 Å². The Kier molecular flexibility index (Phi) is 3.69. The van der Waals surface area contributed by atoms with Crippen molar-refractivity contribution in [1.29, 1.82) is 0 Å². The van der Waals surface area contributed by atoms with Crippen molar-refractivity contribution in [3.05, 3.63) is 0 Å². The maximum absolute atomic E-state index is 1.58. The highest BCUT2D eigenvalue weighted by Crippen LogP contribution is 2.36. The molecule has 0 atom stereocenters. The molecule has 0 heterocycles. The van der Waals surface area contributed by atoms with Crippen LogP contribution < -0.4 is 0 Å². The van der Waals surface area contributed by atoms with Crippen LogP contribution in [0.25, 0.3) is 0 Å². The van der Waals surface area contributed by atoms with E-state index in [1.165, 1.54) is 38.5 Å². The molecule has 2 fully saturated rings. The van der Waals surface area contributed by atoms with Crippen molar-refractivity contribution in [3.8, 4) is 0 Å². The second kappa shape index (κ2) is 5.02. The second-order valence-electron chi connectivity index (χ2n) is 5.24. The molecular formula is C13H24. The third kappa shape index (κ3) is 3.00. The third-order valence-corrected chi connectivity index (χ3v) is 4.12. The topological polar surface area (TPSA) is 0 Å². The molecule has 0 spiro atoms. The van der Waals surface area contributed by atoms with Crippen molar-refractivity contribution in [2.24, 2.45) is 11.8 Å². The van der Waals surface area contributed by atoms with Crippen LogP contribution in [0.3, 0.4) is 0 Å². The third-order valence-electron chi connectivity index (χ3n) is 4.12. The summed E-state index contributed by atoms with van der Waals surface area (Å²) in [6.07, 6.45) is 16.9. The van der Waals surface area contributed by atoms with E-state index in [9.17, 15) is 0 Å². The first-order chi connectivity index (χ1) is 6.45. The zero-order valence-corrected chi connectivity index (χ0v) is 8.93. The molecule has 0 aromatic carbocycles. The molecule has 0 heteroatoms. The lowest BCUT2D eigenvalue weighted by molar-refractivity contribution is 0.224. The quantitative estimate of drug-likeness (QED) is 0.585. The van der Waals surface area contributed by atoms with E-state index in [4.69, 9.17) is 0 Å². The van der Waals surface area contributed by atoms with E-state index in [2.05, 4.69) is 0 Å². The van der Waals surface area contributed by atoms with Gasteiger partial charge in [-0.1, -0.05) is 64.2 Å². The van der Waals surface area contributed by atoms with Crippen molar-refractivity contribution in [3.63, 3.8) is 0 Å². The molecule has 0 aromatic rings. The summed E-state index contributed by atoms with van der Waals surface area (Å²) in [6, 6.07) is 0. The molecule has 0 amide bonds. The molecule has 0 N–H and O–H groups in total. The van der Waals surface area contributed by atoms with Gasteiger partial charge < -0.3 is 0 Å². The molecule has 0 unspecified atom stereocenters. The molecule has 0 aromatic heterocycles. The Morgan fingerprint density at radius 2 is 1.00 bits per heavy atom. The Morgan fingerprint density at radius 1 is 0.538 bits per heavy atom. The lowest BCUT2D eigenvalue weighted by Crippen LogP contribution is -2.16. The van der Waals surface area contributed by atoms with Crippen molar-refractivity contribution in [1.82, 2.24) is 0 Å². The number of hydrogen-bond donors (Lipinski definition) is 0. The highest BCUT2D eigenvalue weighted by atomic mass is 14.3. The summed E-state index contributed by atoms with van der Waals surface area (Å²) in [4.78, 5) is 0. The Labute approximate surface area is 83.1 Å². The molecule has 0 nitrogen and oxygen atoms in total. The van der Waals surface area contributed by atoms with Gasteiger partial charge in [-0.15, -0.1) is 0 Å². The predicted octanol–water partition coefficient (Wildman–Crippen LogP) is 4.54. The minimum Gasteiger partial charge on any atom is -0.0533 e. The normalized spacial score (nSPS) is 27.7. The Balaban J connectivity index is 1.68. The van der Waals surface area contributed by atoms with Crippen molar-refractivity contribution < 1.29 is 0 Å². The second-order valence-corrected chi connectivity index (χ2v) is 5.24. The van der Waals surface area contributed by atoms with E-state index < -0.39 is 0 Å². The molecule has 76 valence electrons. The van der Waals surface area contributed by atoms with Gasteiger partial charge >= 0.3 is 0 Å². The molecular weight excluding hydrogens is 156 g/mol. The molecule has 0 saturated heterocycles. The van der Waals surface area contributed by atoms with Crippen LogP contribution in [-0.2, 0) is 0 Å². The van der Waals surface area contributed by atoms with Gasteiger partial charge in [0.25, 0.3) is 0 Å². The average molecular weight is 180 g/mol. The van der Waals surface area contributed by atoms with Crippen LogP contribution in [0.4, 0.5) is 0 Å². The first-order valence-corrected chi connectivity index (χ1v) is 6.45. The molecule has 0 radical (unpaired) electrons. The molecule has 13 heavy (non-hydrogen) atoms. The van der Waals surface area contributed by atoms with Crippen LogP contribution in [-0.4, -0.2) is 0 Å². The van der Waals surface area contributed by atoms with E-state index in [0.717, 1.165) is 11.8 Å². The smallest absolute Gasteiger partial charge is 0.0412 e. The molecule has 0 bridgehead atoms. The molecule has 2 aliphatic rings. The van der Waals surface area contributed by atoms with Gasteiger partial charge in [0.05, 0.1) is 0 Å². The summed E-state index contributed by atoms with van der Waals surface area (Å²) >= 11 is 0. The van der Waals surface area contributed by atoms with Gasteiger partial charge in [0.2, 0.25) is 0 Å². The lowest BCUT2D eigenvalue weighted by Gasteiger charge is -2.30. The van der Waals surface area contributed by atoms with Gasteiger partial charge in [-0.2, -0.15) is 0 Å². The highest BCUT2D eigenvalue weighted by Gasteiger charge is 2.22. The van der Waals surface area contributed by atoms with E-state index in [0.29, 0.717) is 0 Å². The fraction of sp³-hybridized carbons (Fsp3) is 1.00. The number of rotatable bonds is 2. The molecule has 2 rings (SSSR count). The Morgan fingerprint density at radius 3 is 1.46 bits per heavy atom. The van der Waals surface area contributed by atoms with Crippen LogP contribution in [0.15, 0.2) is 0 Å². The monoisotopic (exact) mass is 180 g/mol. The van der Waals surface area contributed by atoms with Crippen LogP contribution in [0, 0.1) is 11.8 Å². The van der Waals surface area contributed by atoms with Gasteiger partial charge in [0.15, 0.2) is 0 Å². The first-order valence-electron chi connectivity index (χ1n) is 6.45. The van der Waals surface area contributed by atoms with Crippen LogP contribution in [0.2, 0.25) is 0 Å². The van der Waals surface area contributed by atoms with Crippen molar-refractivity contribution >= 4 is 0 Å². The van der Waals surface area contributed by atoms with Crippen molar-refractivity contribution in [2.45, 2.75) is 70.6 Å². The van der Waals surface area contributed by atoms with Crippen molar-refractivity contribution in [2.75, 3.05) is 0 Å². The summed E-state index contributed by atoms with van der Waals surface area (Å²) < 4.78 is 0. The lowest BCUT2D eigenvalue weighted by atomic mass is 9.76. The summed E-state index contributed by atoms with van der Waals surface area (Å²) in [7, 11) is 0. The maximum Gasteiger partial charge on any atom is -0.0412 e. The first kappa shape index (κ1) is 9.55. The predicted molar refractivity (Wildman–Crippen MR) is 57.8 cm³/mol. The summed E-state index contributed by atoms with van der Waals surface area (Å²) in [6.45, 7) is 0. The van der Waals surface area contributed by atoms with Crippen LogP contribution >= 0.6 is 0 Å². The minimum atomic E-state index is 1.12. The van der Waals surface area contributed by atoms with Gasteiger partial charge in [0, 0.05) is 0 Å². The van der Waals surface area contributed by atoms with E-state index in [1.54, 1.807) is 32.1 Å². The summed E-state index contributed by atoms with van der Waals surface area (Å²) in [5, 5.41) is 0.